The van der Waals surface area contributed by atoms with E-state index in [1.807, 2.05) is 26.0 Å². The molecule has 0 fully saturated rings. The molecule has 0 amide bonds. The molecule has 5 heteroatoms. The molecule has 1 rings (SSSR count). The van der Waals surface area contributed by atoms with E-state index in [4.69, 9.17) is 0 Å². The Kier molecular flexibility index (Phi) is 6.05. The highest BCUT2D eigenvalue weighted by Gasteiger charge is 2.10. The van der Waals surface area contributed by atoms with Crippen molar-refractivity contribution in [2.45, 2.75) is 6.42 Å². The molecule has 0 saturated heterocycles. The minimum absolute atomic E-state index is 0.0958. The zero-order valence-corrected chi connectivity index (χ0v) is 11.6. The van der Waals surface area contributed by atoms with Crippen molar-refractivity contribution in [3.05, 3.63) is 35.4 Å². The molecule has 0 radical (unpaired) electrons. The average Bonchev–Trinajstić information content (AvgIpc) is 2.32. The third-order valence-electron chi connectivity index (χ3n) is 2.83. The number of carbonyl (C=O) groups excluding carboxylic acids is 1. The summed E-state index contributed by atoms with van der Waals surface area (Å²) < 4.78 is 26.0. The molecule has 0 heterocycles. The van der Waals surface area contributed by atoms with Crippen LogP contribution >= 0.6 is 0 Å². The van der Waals surface area contributed by atoms with Gasteiger partial charge in [0.1, 0.15) is 11.6 Å². The molecule has 3 nitrogen and oxygen atoms in total. The van der Waals surface area contributed by atoms with E-state index in [-0.39, 0.29) is 17.8 Å². The van der Waals surface area contributed by atoms with Gasteiger partial charge in [0.2, 0.25) is 0 Å². The van der Waals surface area contributed by atoms with E-state index in [2.05, 4.69) is 4.90 Å². The van der Waals surface area contributed by atoms with Crippen molar-refractivity contribution in [1.29, 1.82) is 0 Å². The number of rotatable bonds is 7. The SMILES string of the molecule is CN(C)CCN(C)CCC(=O)c1cc(F)cc(F)c1. The molecule has 1 aromatic carbocycles. The van der Waals surface area contributed by atoms with Gasteiger partial charge in [-0.1, -0.05) is 0 Å². The molecule has 1 aromatic rings. The van der Waals surface area contributed by atoms with E-state index in [1.54, 1.807) is 0 Å². The largest absolute Gasteiger partial charge is 0.308 e. The fourth-order valence-electron chi connectivity index (χ4n) is 1.63. The van der Waals surface area contributed by atoms with Crippen molar-refractivity contribution < 1.29 is 13.6 Å². The molecule has 0 spiro atoms. The number of hydrogen-bond donors (Lipinski definition) is 0. The molecule has 0 aromatic heterocycles. The molecular formula is C14H20F2N2O. The van der Waals surface area contributed by atoms with Crippen LogP contribution in [0.5, 0.6) is 0 Å². The quantitative estimate of drug-likeness (QED) is 0.708. The number of hydrogen-bond acceptors (Lipinski definition) is 3. The van der Waals surface area contributed by atoms with Gasteiger partial charge in [-0.2, -0.15) is 0 Å². The number of ketones is 1. The van der Waals surface area contributed by atoms with Crippen molar-refractivity contribution >= 4 is 5.78 Å². The summed E-state index contributed by atoms with van der Waals surface area (Å²) in [5.41, 5.74) is 0.0958. The normalized spacial score (nSPS) is 11.3. The van der Waals surface area contributed by atoms with Gasteiger partial charge in [0, 0.05) is 37.7 Å². The van der Waals surface area contributed by atoms with Crippen LogP contribution in [0.1, 0.15) is 16.8 Å². The second-order valence-corrected chi connectivity index (χ2v) is 4.94. The third-order valence-corrected chi connectivity index (χ3v) is 2.83. The maximum atomic E-state index is 13.0. The van der Waals surface area contributed by atoms with Crippen LogP contribution in [0.2, 0.25) is 0 Å². The fourth-order valence-corrected chi connectivity index (χ4v) is 1.63. The number of carbonyl (C=O) groups is 1. The Bertz CT molecular complexity index is 415. The Balaban J connectivity index is 2.46. The van der Waals surface area contributed by atoms with E-state index >= 15 is 0 Å². The van der Waals surface area contributed by atoms with E-state index in [9.17, 15) is 13.6 Å². The summed E-state index contributed by atoms with van der Waals surface area (Å²) in [6.07, 6.45) is 0.257. The van der Waals surface area contributed by atoms with Crippen LogP contribution in [0.25, 0.3) is 0 Å². The minimum Gasteiger partial charge on any atom is -0.308 e. The lowest BCUT2D eigenvalue weighted by Gasteiger charge is -2.18. The summed E-state index contributed by atoms with van der Waals surface area (Å²) in [5.74, 6) is -1.68. The lowest BCUT2D eigenvalue weighted by Crippen LogP contribution is -2.30. The lowest BCUT2D eigenvalue weighted by atomic mass is 10.1. The standard InChI is InChI=1S/C14H20F2N2O/c1-17(2)6-7-18(3)5-4-14(19)11-8-12(15)10-13(16)9-11/h8-10H,4-7H2,1-3H3. The van der Waals surface area contributed by atoms with Gasteiger partial charge in [0.25, 0.3) is 0 Å². The zero-order valence-electron chi connectivity index (χ0n) is 11.6. The Hall–Kier alpha value is -1.33. The van der Waals surface area contributed by atoms with Gasteiger partial charge >= 0.3 is 0 Å². The van der Waals surface area contributed by atoms with E-state index in [0.29, 0.717) is 6.54 Å². The molecule has 0 aliphatic carbocycles. The van der Waals surface area contributed by atoms with Gasteiger partial charge in [-0.05, 0) is 33.3 Å². The summed E-state index contributed by atoms with van der Waals surface area (Å²) in [5, 5.41) is 0. The smallest absolute Gasteiger partial charge is 0.164 e. The van der Waals surface area contributed by atoms with Crippen LogP contribution in [0.3, 0.4) is 0 Å². The van der Waals surface area contributed by atoms with Crippen LogP contribution < -0.4 is 0 Å². The van der Waals surface area contributed by atoms with Crippen molar-refractivity contribution in [2.75, 3.05) is 40.8 Å². The van der Waals surface area contributed by atoms with Crippen LogP contribution in [0.4, 0.5) is 8.78 Å². The maximum absolute atomic E-state index is 13.0. The fraction of sp³-hybridized carbons (Fsp3) is 0.500. The summed E-state index contributed by atoms with van der Waals surface area (Å²) in [6, 6.07) is 2.91. The maximum Gasteiger partial charge on any atom is 0.164 e. The number of Topliss-reactive ketones (excluding diaryl/α,β-unsaturated/α-hetero) is 1. The second kappa shape index (κ2) is 7.31. The molecule has 0 aliphatic heterocycles. The molecule has 0 aliphatic rings. The van der Waals surface area contributed by atoms with Crippen molar-refractivity contribution in [3.8, 4) is 0 Å². The Morgan fingerprint density at radius 1 is 1.00 bits per heavy atom. The second-order valence-electron chi connectivity index (χ2n) is 4.94. The van der Waals surface area contributed by atoms with E-state index in [0.717, 1.165) is 31.3 Å². The Morgan fingerprint density at radius 2 is 1.58 bits per heavy atom. The Morgan fingerprint density at radius 3 is 2.11 bits per heavy atom. The van der Waals surface area contributed by atoms with Crippen LogP contribution in [0.15, 0.2) is 18.2 Å². The lowest BCUT2D eigenvalue weighted by molar-refractivity contribution is 0.0967. The highest BCUT2D eigenvalue weighted by molar-refractivity contribution is 5.96. The molecular weight excluding hydrogens is 250 g/mol. The van der Waals surface area contributed by atoms with Crippen LogP contribution in [-0.4, -0.2) is 56.4 Å². The first-order chi connectivity index (χ1) is 8.88. The van der Waals surface area contributed by atoms with Gasteiger partial charge in [0.15, 0.2) is 5.78 Å². The molecule has 0 saturated carbocycles. The summed E-state index contributed by atoms with van der Waals surface area (Å²) in [4.78, 5) is 15.9. The van der Waals surface area contributed by atoms with Gasteiger partial charge in [-0.25, -0.2) is 8.78 Å². The third kappa shape index (κ3) is 5.89. The molecule has 106 valence electrons. The first kappa shape index (κ1) is 15.7. The van der Waals surface area contributed by atoms with Gasteiger partial charge in [-0.15, -0.1) is 0 Å². The molecule has 0 bridgehead atoms. The number of halogens is 2. The van der Waals surface area contributed by atoms with Crippen LogP contribution in [-0.2, 0) is 0 Å². The first-order valence-electron chi connectivity index (χ1n) is 6.21. The van der Waals surface area contributed by atoms with E-state index < -0.39 is 11.6 Å². The summed E-state index contributed by atoms with van der Waals surface area (Å²) in [6.45, 7) is 2.32. The number of likely N-dealkylation sites (N-methyl/N-ethyl adjacent to an activating group) is 2. The Labute approximate surface area is 112 Å². The number of nitrogens with zero attached hydrogens (tertiary/aromatic N) is 2. The van der Waals surface area contributed by atoms with Crippen LogP contribution in [0, 0.1) is 11.6 Å². The van der Waals surface area contributed by atoms with Crippen molar-refractivity contribution in [3.63, 3.8) is 0 Å². The topological polar surface area (TPSA) is 23.6 Å². The average molecular weight is 270 g/mol. The first-order valence-corrected chi connectivity index (χ1v) is 6.21. The predicted molar refractivity (Wildman–Crippen MR) is 71.4 cm³/mol. The number of benzene rings is 1. The summed E-state index contributed by atoms with van der Waals surface area (Å²) in [7, 11) is 5.88. The molecule has 0 atom stereocenters. The van der Waals surface area contributed by atoms with Crippen molar-refractivity contribution in [1.82, 2.24) is 9.80 Å². The van der Waals surface area contributed by atoms with Crippen molar-refractivity contribution in [2.24, 2.45) is 0 Å². The van der Waals surface area contributed by atoms with Gasteiger partial charge in [0.05, 0.1) is 0 Å². The molecule has 19 heavy (non-hydrogen) atoms. The predicted octanol–water partition coefficient (Wildman–Crippen LogP) is 2.03. The monoisotopic (exact) mass is 270 g/mol. The zero-order chi connectivity index (χ0) is 14.4. The van der Waals surface area contributed by atoms with E-state index in [1.165, 1.54) is 0 Å². The molecule has 0 N–H and O–H groups in total. The minimum atomic E-state index is -0.718. The van der Waals surface area contributed by atoms with Gasteiger partial charge < -0.3 is 9.80 Å². The highest BCUT2D eigenvalue weighted by Crippen LogP contribution is 2.10. The van der Waals surface area contributed by atoms with Gasteiger partial charge in [-0.3, -0.25) is 4.79 Å². The highest BCUT2D eigenvalue weighted by atomic mass is 19.1. The summed E-state index contributed by atoms with van der Waals surface area (Å²) >= 11 is 0. The molecule has 0 unspecified atom stereocenters.